The SMILES string of the molecule is CCC[C@H](N)C(=O)N1CCN2CCCCC2C1. The first kappa shape index (κ1) is 12.8. The standard InChI is InChI=1S/C13H25N3O/c1-2-5-12(14)13(17)16-9-8-15-7-4-3-6-11(15)10-16/h11-12H,2-10,14H2,1H3/t11?,12-/m0/s1. The first-order valence-corrected chi connectivity index (χ1v) is 7.00. The second-order valence-corrected chi connectivity index (χ2v) is 5.36. The van der Waals surface area contributed by atoms with Crippen LogP contribution in [0.3, 0.4) is 0 Å². The molecule has 0 aliphatic carbocycles. The Morgan fingerprint density at radius 2 is 2.18 bits per heavy atom. The van der Waals surface area contributed by atoms with Crippen molar-refractivity contribution in [3.63, 3.8) is 0 Å². The Morgan fingerprint density at radius 3 is 2.94 bits per heavy atom. The summed E-state index contributed by atoms with van der Waals surface area (Å²) in [7, 11) is 0. The van der Waals surface area contributed by atoms with E-state index in [2.05, 4.69) is 11.8 Å². The van der Waals surface area contributed by atoms with E-state index >= 15 is 0 Å². The number of piperidine rings is 1. The quantitative estimate of drug-likeness (QED) is 0.793. The fourth-order valence-electron chi connectivity index (χ4n) is 3.03. The second kappa shape index (κ2) is 5.83. The number of hydrogen-bond acceptors (Lipinski definition) is 3. The minimum atomic E-state index is -0.282. The zero-order valence-electron chi connectivity index (χ0n) is 10.9. The van der Waals surface area contributed by atoms with E-state index in [4.69, 9.17) is 5.73 Å². The highest BCUT2D eigenvalue weighted by Gasteiger charge is 2.32. The van der Waals surface area contributed by atoms with Crippen LogP contribution in [-0.2, 0) is 4.79 Å². The molecular weight excluding hydrogens is 214 g/mol. The number of fused-ring (bicyclic) bond motifs is 1. The third-order valence-corrected chi connectivity index (χ3v) is 4.07. The molecule has 2 aliphatic rings. The molecule has 98 valence electrons. The van der Waals surface area contributed by atoms with E-state index in [1.807, 2.05) is 4.90 Å². The van der Waals surface area contributed by atoms with E-state index in [-0.39, 0.29) is 11.9 Å². The van der Waals surface area contributed by atoms with Gasteiger partial charge in [-0.3, -0.25) is 9.69 Å². The molecule has 1 unspecified atom stereocenters. The third kappa shape index (κ3) is 2.99. The summed E-state index contributed by atoms with van der Waals surface area (Å²) in [5.74, 6) is 0.164. The first-order chi connectivity index (χ1) is 8.22. The minimum Gasteiger partial charge on any atom is -0.338 e. The maximum atomic E-state index is 12.1. The average molecular weight is 239 g/mol. The number of carbonyl (C=O) groups is 1. The van der Waals surface area contributed by atoms with Crippen molar-refractivity contribution < 1.29 is 4.79 Å². The molecule has 0 aromatic rings. The molecule has 0 bridgehead atoms. The monoisotopic (exact) mass is 239 g/mol. The Hall–Kier alpha value is -0.610. The van der Waals surface area contributed by atoms with Gasteiger partial charge in [0.15, 0.2) is 0 Å². The van der Waals surface area contributed by atoms with Crippen LogP contribution in [0.2, 0.25) is 0 Å². The van der Waals surface area contributed by atoms with Gasteiger partial charge in [0.25, 0.3) is 0 Å². The first-order valence-electron chi connectivity index (χ1n) is 7.00. The number of amides is 1. The average Bonchev–Trinajstić information content (AvgIpc) is 2.37. The summed E-state index contributed by atoms with van der Waals surface area (Å²) in [6, 6.07) is 0.311. The van der Waals surface area contributed by atoms with Crippen LogP contribution in [0.15, 0.2) is 0 Å². The molecule has 17 heavy (non-hydrogen) atoms. The lowest BCUT2D eigenvalue weighted by Crippen LogP contribution is -2.58. The molecule has 2 aliphatic heterocycles. The van der Waals surface area contributed by atoms with Gasteiger partial charge in [-0.25, -0.2) is 0 Å². The van der Waals surface area contributed by atoms with E-state index in [1.165, 1.54) is 25.8 Å². The van der Waals surface area contributed by atoms with Crippen LogP contribution in [0.1, 0.15) is 39.0 Å². The van der Waals surface area contributed by atoms with Gasteiger partial charge in [0, 0.05) is 25.7 Å². The summed E-state index contributed by atoms with van der Waals surface area (Å²) in [5.41, 5.74) is 5.92. The molecule has 2 saturated heterocycles. The highest BCUT2D eigenvalue weighted by molar-refractivity contribution is 5.81. The van der Waals surface area contributed by atoms with Crippen LogP contribution in [-0.4, -0.2) is 54.0 Å². The number of piperazine rings is 1. The topological polar surface area (TPSA) is 49.6 Å². The number of rotatable bonds is 3. The fourth-order valence-corrected chi connectivity index (χ4v) is 3.03. The van der Waals surface area contributed by atoms with Crippen molar-refractivity contribution in [2.45, 2.75) is 51.1 Å². The molecule has 0 aromatic carbocycles. The van der Waals surface area contributed by atoms with Crippen LogP contribution in [0.5, 0.6) is 0 Å². The Bertz CT molecular complexity index is 269. The normalized spacial score (nSPS) is 27.6. The van der Waals surface area contributed by atoms with Gasteiger partial charge in [-0.2, -0.15) is 0 Å². The van der Waals surface area contributed by atoms with Crippen LogP contribution < -0.4 is 5.73 Å². The van der Waals surface area contributed by atoms with Gasteiger partial charge < -0.3 is 10.6 Å². The van der Waals surface area contributed by atoms with Gasteiger partial charge in [0.2, 0.25) is 5.91 Å². The molecule has 1 amide bonds. The van der Waals surface area contributed by atoms with Crippen LogP contribution >= 0.6 is 0 Å². The summed E-state index contributed by atoms with van der Waals surface area (Å²) < 4.78 is 0. The van der Waals surface area contributed by atoms with E-state index in [0.29, 0.717) is 6.04 Å². The molecule has 4 nitrogen and oxygen atoms in total. The smallest absolute Gasteiger partial charge is 0.239 e. The molecule has 0 spiro atoms. The Labute approximate surface area is 104 Å². The lowest BCUT2D eigenvalue weighted by Gasteiger charge is -2.44. The summed E-state index contributed by atoms with van der Waals surface area (Å²) in [4.78, 5) is 16.7. The summed E-state index contributed by atoms with van der Waals surface area (Å²) >= 11 is 0. The lowest BCUT2D eigenvalue weighted by atomic mass is 9.99. The van der Waals surface area contributed by atoms with Crippen molar-refractivity contribution >= 4 is 5.91 Å². The number of carbonyl (C=O) groups excluding carboxylic acids is 1. The highest BCUT2D eigenvalue weighted by atomic mass is 16.2. The van der Waals surface area contributed by atoms with E-state index < -0.39 is 0 Å². The van der Waals surface area contributed by atoms with Crippen molar-refractivity contribution in [2.24, 2.45) is 5.73 Å². The summed E-state index contributed by atoms with van der Waals surface area (Å²) in [6.07, 6.45) is 5.66. The van der Waals surface area contributed by atoms with Crippen molar-refractivity contribution in [2.75, 3.05) is 26.2 Å². The van der Waals surface area contributed by atoms with Crippen molar-refractivity contribution in [3.8, 4) is 0 Å². The van der Waals surface area contributed by atoms with Crippen molar-refractivity contribution in [1.29, 1.82) is 0 Å². The van der Waals surface area contributed by atoms with Gasteiger partial charge in [-0.15, -0.1) is 0 Å². The molecule has 0 radical (unpaired) electrons. The Kier molecular flexibility index (Phi) is 4.40. The molecule has 4 heteroatoms. The molecule has 0 saturated carbocycles. The number of nitrogens with two attached hydrogens (primary N) is 1. The zero-order valence-corrected chi connectivity index (χ0v) is 10.9. The second-order valence-electron chi connectivity index (χ2n) is 5.36. The van der Waals surface area contributed by atoms with Crippen LogP contribution in [0.4, 0.5) is 0 Å². The van der Waals surface area contributed by atoms with Gasteiger partial charge in [0.05, 0.1) is 6.04 Å². The number of nitrogens with zero attached hydrogens (tertiary/aromatic N) is 2. The van der Waals surface area contributed by atoms with E-state index in [1.54, 1.807) is 0 Å². The number of hydrogen-bond donors (Lipinski definition) is 1. The molecule has 2 atom stereocenters. The Balaban J connectivity index is 1.88. The van der Waals surface area contributed by atoms with Gasteiger partial charge in [-0.05, 0) is 25.8 Å². The van der Waals surface area contributed by atoms with Crippen LogP contribution in [0.25, 0.3) is 0 Å². The molecule has 2 rings (SSSR count). The third-order valence-electron chi connectivity index (χ3n) is 4.07. The van der Waals surface area contributed by atoms with Gasteiger partial charge in [-0.1, -0.05) is 19.8 Å². The molecule has 0 aromatic heterocycles. The van der Waals surface area contributed by atoms with E-state index in [0.717, 1.165) is 32.5 Å². The largest absolute Gasteiger partial charge is 0.338 e. The maximum absolute atomic E-state index is 12.1. The van der Waals surface area contributed by atoms with Crippen molar-refractivity contribution in [3.05, 3.63) is 0 Å². The lowest BCUT2D eigenvalue weighted by molar-refractivity contribution is -0.136. The predicted octanol–water partition coefficient (Wildman–Crippen LogP) is 0.811. The molecule has 2 N–H and O–H groups in total. The molecular formula is C13H25N3O. The van der Waals surface area contributed by atoms with Crippen LogP contribution in [0, 0.1) is 0 Å². The van der Waals surface area contributed by atoms with E-state index in [9.17, 15) is 4.79 Å². The summed E-state index contributed by atoms with van der Waals surface area (Å²) in [5, 5.41) is 0. The predicted molar refractivity (Wildman–Crippen MR) is 68.7 cm³/mol. The van der Waals surface area contributed by atoms with Gasteiger partial charge in [0.1, 0.15) is 0 Å². The van der Waals surface area contributed by atoms with Crippen molar-refractivity contribution in [1.82, 2.24) is 9.80 Å². The summed E-state index contributed by atoms with van der Waals surface area (Å²) in [6.45, 7) is 6.10. The zero-order chi connectivity index (χ0) is 12.3. The molecule has 2 fully saturated rings. The maximum Gasteiger partial charge on any atom is 0.239 e. The minimum absolute atomic E-state index is 0.164. The fraction of sp³-hybridized carbons (Fsp3) is 0.923. The van der Waals surface area contributed by atoms with Gasteiger partial charge >= 0.3 is 0 Å². The molecule has 2 heterocycles. The highest BCUT2D eigenvalue weighted by Crippen LogP contribution is 2.21. The Morgan fingerprint density at radius 1 is 1.35 bits per heavy atom.